The van der Waals surface area contributed by atoms with E-state index >= 15 is 0 Å². The molecule has 0 unspecified atom stereocenters. The maximum absolute atomic E-state index is 12.6. The number of hydrogen-bond donors (Lipinski definition) is 1. The van der Waals surface area contributed by atoms with E-state index < -0.39 is 6.17 Å². The molecule has 9 heavy (non-hydrogen) atoms. The summed E-state index contributed by atoms with van der Waals surface area (Å²) < 4.78 is 17.7. The van der Waals surface area contributed by atoms with Gasteiger partial charge in [0.25, 0.3) is 0 Å². The number of hydrogen-bond acceptors (Lipinski definition) is 2. The number of alkyl halides is 1. The van der Waals surface area contributed by atoms with Crippen LogP contribution in [0.1, 0.15) is 6.92 Å². The molecule has 0 aromatic carbocycles. The van der Waals surface area contributed by atoms with Gasteiger partial charge in [0.15, 0.2) is 0 Å². The molecule has 2 atom stereocenters. The fraction of sp³-hybridized carbons (Fsp3) is 1.00. The summed E-state index contributed by atoms with van der Waals surface area (Å²) in [5.74, 6) is 0. The summed E-state index contributed by atoms with van der Waals surface area (Å²) in [6.45, 7) is 3.59. The maximum Gasteiger partial charge on any atom is 0.140 e. The van der Waals surface area contributed by atoms with Gasteiger partial charge < -0.3 is 10.1 Å². The van der Waals surface area contributed by atoms with Gasteiger partial charge in [-0.2, -0.15) is 0 Å². The molecule has 1 saturated heterocycles. The van der Waals surface area contributed by atoms with Crippen LogP contribution in [0.25, 0.3) is 0 Å². The molecular weight excluding hydrogens is 121 g/mol. The monoisotopic (exact) mass is 133 g/mol. The Morgan fingerprint density at radius 1 is 1.67 bits per heavy atom. The Morgan fingerprint density at radius 2 is 2.44 bits per heavy atom. The van der Waals surface area contributed by atoms with Crippen LogP contribution in [0.2, 0.25) is 0 Å². The minimum absolute atomic E-state index is 0.199. The van der Waals surface area contributed by atoms with E-state index in [9.17, 15) is 4.39 Å². The van der Waals surface area contributed by atoms with Crippen molar-refractivity contribution in [2.24, 2.45) is 0 Å². The molecule has 3 heteroatoms. The SMILES string of the molecule is CCO[C@H]1CNC[C@H]1F. The highest BCUT2D eigenvalue weighted by atomic mass is 19.1. The molecule has 2 nitrogen and oxygen atoms in total. The molecule has 1 fully saturated rings. The zero-order valence-corrected chi connectivity index (χ0v) is 5.56. The topological polar surface area (TPSA) is 21.3 Å². The van der Waals surface area contributed by atoms with Crippen LogP contribution in [-0.2, 0) is 4.74 Å². The van der Waals surface area contributed by atoms with Crippen molar-refractivity contribution in [1.29, 1.82) is 0 Å². The lowest BCUT2D eigenvalue weighted by Crippen LogP contribution is -2.23. The van der Waals surface area contributed by atoms with Gasteiger partial charge in [0.05, 0.1) is 0 Å². The first-order valence-electron chi connectivity index (χ1n) is 3.31. The quantitative estimate of drug-likeness (QED) is 0.586. The third kappa shape index (κ3) is 1.63. The van der Waals surface area contributed by atoms with Gasteiger partial charge in [-0.1, -0.05) is 0 Å². The summed E-state index contributed by atoms with van der Waals surface area (Å²) in [7, 11) is 0. The third-order valence-electron chi connectivity index (χ3n) is 1.47. The highest BCUT2D eigenvalue weighted by Gasteiger charge is 2.26. The van der Waals surface area contributed by atoms with Crippen molar-refractivity contribution in [2.75, 3.05) is 19.7 Å². The normalized spacial score (nSPS) is 35.3. The van der Waals surface area contributed by atoms with Crippen LogP contribution >= 0.6 is 0 Å². The van der Waals surface area contributed by atoms with Gasteiger partial charge in [0, 0.05) is 19.7 Å². The number of ether oxygens (including phenoxy) is 1. The largest absolute Gasteiger partial charge is 0.374 e. The Kier molecular flexibility index (Phi) is 2.42. The second-order valence-electron chi connectivity index (χ2n) is 2.17. The highest BCUT2D eigenvalue weighted by Crippen LogP contribution is 2.07. The summed E-state index contributed by atoms with van der Waals surface area (Å²) in [6, 6.07) is 0. The first-order valence-corrected chi connectivity index (χ1v) is 3.31. The predicted octanol–water partition coefficient (Wildman–Crippen LogP) is 0.333. The summed E-state index contributed by atoms with van der Waals surface area (Å²) in [4.78, 5) is 0. The van der Waals surface area contributed by atoms with E-state index in [-0.39, 0.29) is 6.10 Å². The maximum atomic E-state index is 12.6. The molecule has 0 radical (unpaired) electrons. The van der Waals surface area contributed by atoms with E-state index in [0.29, 0.717) is 19.7 Å². The first-order chi connectivity index (χ1) is 4.34. The summed E-state index contributed by atoms with van der Waals surface area (Å²) in [5.41, 5.74) is 0. The lowest BCUT2D eigenvalue weighted by atomic mass is 10.3. The number of rotatable bonds is 2. The minimum atomic E-state index is -0.801. The molecule has 0 aromatic heterocycles. The van der Waals surface area contributed by atoms with Gasteiger partial charge in [-0.15, -0.1) is 0 Å². The Bertz CT molecular complexity index is 89.1. The van der Waals surface area contributed by atoms with Gasteiger partial charge in [-0.05, 0) is 6.92 Å². The van der Waals surface area contributed by atoms with Crippen molar-refractivity contribution in [3.8, 4) is 0 Å². The molecule has 1 heterocycles. The van der Waals surface area contributed by atoms with Crippen molar-refractivity contribution in [3.05, 3.63) is 0 Å². The van der Waals surface area contributed by atoms with Crippen molar-refractivity contribution in [2.45, 2.75) is 19.2 Å². The molecule has 0 amide bonds. The van der Waals surface area contributed by atoms with Gasteiger partial charge in [-0.25, -0.2) is 4.39 Å². The zero-order chi connectivity index (χ0) is 6.69. The second kappa shape index (κ2) is 3.13. The van der Waals surface area contributed by atoms with Gasteiger partial charge in [0.2, 0.25) is 0 Å². The molecule has 1 aliphatic heterocycles. The third-order valence-corrected chi connectivity index (χ3v) is 1.47. The van der Waals surface area contributed by atoms with E-state index in [1.165, 1.54) is 0 Å². The van der Waals surface area contributed by atoms with Crippen molar-refractivity contribution in [3.63, 3.8) is 0 Å². The minimum Gasteiger partial charge on any atom is -0.374 e. The Hall–Kier alpha value is -0.150. The van der Waals surface area contributed by atoms with E-state index in [2.05, 4.69) is 5.32 Å². The fourth-order valence-corrected chi connectivity index (χ4v) is 1.00. The van der Waals surface area contributed by atoms with E-state index in [1.807, 2.05) is 6.92 Å². The summed E-state index contributed by atoms with van der Waals surface area (Å²) in [6.07, 6.45) is -1.00. The van der Waals surface area contributed by atoms with Gasteiger partial charge in [-0.3, -0.25) is 0 Å². The molecule has 1 aliphatic rings. The lowest BCUT2D eigenvalue weighted by Gasteiger charge is -2.09. The number of halogens is 1. The molecule has 1 N–H and O–H groups in total. The smallest absolute Gasteiger partial charge is 0.140 e. The summed E-state index contributed by atoms with van der Waals surface area (Å²) >= 11 is 0. The Balaban J connectivity index is 2.22. The van der Waals surface area contributed by atoms with Crippen LogP contribution in [0, 0.1) is 0 Å². The molecule has 1 rings (SSSR count). The highest BCUT2D eigenvalue weighted by molar-refractivity contribution is 4.81. The van der Waals surface area contributed by atoms with Crippen molar-refractivity contribution in [1.82, 2.24) is 5.32 Å². The van der Waals surface area contributed by atoms with Crippen molar-refractivity contribution < 1.29 is 9.13 Å². The van der Waals surface area contributed by atoms with Crippen LogP contribution in [-0.4, -0.2) is 32.0 Å². The standard InChI is InChI=1S/C6H12FNO/c1-2-9-6-4-8-3-5(6)7/h5-6,8H,2-4H2,1H3/t5-,6+/m1/s1. The average molecular weight is 133 g/mol. The summed E-state index contributed by atoms with van der Waals surface area (Å²) in [5, 5.41) is 2.91. The van der Waals surface area contributed by atoms with Crippen LogP contribution in [0.3, 0.4) is 0 Å². The molecule has 0 aromatic rings. The molecule has 0 bridgehead atoms. The van der Waals surface area contributed by atoms with Gasteiger partial charge >= 0.3 is 0 Å². The predicted molar refractivity (Wildman–Crippen MR) is 33.2 cm³/mol. The molecule has 0 spiro atoms. The molecule has 0 aliphatic carbocycles. The Morgan fingerprint density at radius 3 is 2.89 bits per heavy atom. The van der Waals surface area contributed by atoms with Crippen LogP contribution in [0.15, 0.2) is 0 Å². The fourth-order valence-electron chi connectivity index (χ4n) is 1.00. The van der Waals surface area contributed by atoms with Crippen LogP contribution in [0.4, 0.5) is 4.39 Å². The average Bonchev–Trinajstić information content (AvgIpc) is 2.18. The van der Waals surface area contributed by atoms with Gasteiger partial charge in [0.1, 0.15) is 12.3 Å². The Labute approximate surface area is 54.4 Å². The van der Waals surface area contributed by atoms with E-state index in [4.69, 9.17) is 4.74 Å². The molecule has 0 saturated carbocycles. The lowest BCUT2D eigenvalue weighted by molar-refractivity contribution is 0.0328. The first kappa shape index (κ1) is 6.96. The molecule has 54 valence electrons. The molecular formula is C6H12FNO. The van der Waals surface area contributed by atoms with Crippen LogP contribution < -0.4 is 5.32 Å². The van der Waals surface area contributed by atoms with Crippen LogP contribution in [0.5, 0.6) is 0 Å². The second-order valence-corrected chi connectivity index (χ2v) is 2.17. The van der Waals surface area contributed by atoms with Crippen molar-refractivity contribution >= 4 is 0 Å². The van der Waals surface area contributed by atoms with E-state index in [1.54, 1.807) is 0 Å². The number of nitrogens with one attached hydrogen (secondary N) is 1. The van der Waals surface area contributed by atoms with E-state index in [0.717, 1.165) is 0 Å². The zero-order valence-electron chi connectivity index (χ0n) is 5.56.